The van der Waals surface area contributed by atoms with E-state index in [4.69, 9.17) is 4.74 Å². The van der Waals surface area contributed by atoms with Gasteiger partial charge in [0, 0.05) is 12.6 Å². The van der Waals surface area contributed by atoms with Gasteiger partial charge in [-0.1, -0.05) is 52.9 Å². The number of nitrogens with one attached hydrogen (secondary N) is 3. The summed E-state index contributed by atoms with van der Waals surface area (Å²) in [5, 5.41) is 18.3. The fourth-order valence-corrected chi connectivity index (χ4v) is 3.41. The Morgan fingerprint density at radius 2 is 1.76 bits per heavy atom. The molecule has 0 aliphatic carbocycles. The van der Waals surface area contributed by atoms with Crippen molar-refractivity contribution in [2.75, 3.05) is 25.0 Å². The van der Waals surface area contributed by atoms with E-state index in [2.05, 4.69) is 41.1 Å². The van der Waals surface area contributed by atoms with Crippen molar-refractivity contribution in [2.24, 2.45) is 0 Å². The fraction of sp³-hybridized carbons (Fsp3) is 0.750. The first kappa shape index (κ1) is 25.2. The van der Waals surface area contributed by atoms with Crippen LogP contribution in [-0.2, 0) is 0 Å². The number of anilines is 1. The van der Waals surface area contributed by atoms with Crippen LogP contribution in [0, 0.1) is 0 Å². The molecule has 0 atom stereocenters. The van der Waals surface area contributed by atoms with Gasteiger partial charge in [0.15, 0.2) is 5.56 Å². The first-order valence-electron chi connectivity index (χ1n) is 10.6. The van der Waals surface area contributed by atoms with Gasteiger partial charge in [-0.05, 0) is 37.3 Å². The number of aromatic nitrogens is 1. The number of nitrogens with zero attached hydrogens (tertiary/aromatic N) is 1. The summed E-state index contributed by atoms with van der Waals surface area (Å²) in [5.41, 5.74) is -0.0848. The van der Waals surface area contributed by atoms with Crippen LogP contribution in [-0.4, -0.2) is 47.2 Å². The molecule has 1 aromatic rings. The van der Waals surface area contributed by atoms with E-state index in [0.29, 0.717) is 19.2 Å². The molecule has 4 N–H and O–H groups in total. The number of hydrogen-bond donors (Lipinski definition) is 4. The molecule has 0 saturated heterocycles. The number of carboxylic acid groups (broad SMARTS) is 1. The molecule has 166 valence electrons. The maximum atomic E-state index is 12.0. The number of carbonyl (C=O) groups excluding carboxylic acids is 1. The van der Waals surface area contributed by atoms with Gasteiger partial charge in [0.1, 0.15) is 5.00 Å². The van der Waals surface area contributed by atoms with Crippen LogP contribution in [0.5, 0.6) is 5.88 Å². The first-order valence-corrected chi connectivity index (χ1v) is 11.4. The minimum Gasteiger partial charge on any atom is -0.477 e. The van der Waals surface area contributed by atoms with Crippen LogP contribution in [0.2, 0.25) is 0 Å². The zero-order valence-electron chi connectivity index (χ0n) is 17.9. The van der Waals surface area contributed by atoms with Crippen LogP contribution in [0.25, 0.3) is 0 Å². The minimum atomic E-state index is -1.16. The van der Waals surface area contributed by atoms with Gasteiger partial charge in [-0.3, -0.25) is 5.32 Å². The molecular formula is C20H36N4O4S. The summed E-state index contributed by atoms with van der Waals surface area (Å²) in [6, 6.07) is 0.0549. The molecule has 0 bridgehead atoms. The molecule has 1 rings (SSSR count). The van der Waals surface area contributed by atoms with Crippen molar-refractivity contribution in [1.82, 2.24) is 15.0 Å². The first-order chi connectivity index (χ1) is 14.0. The molecule has 8 nitrogen and oxygen atoms in total. The number of urea groups is 1. The normalized spacial score (nSPS) is 10.9. The minimum absolute atomic E-state index is 0.0749. The Morgan fingerprint density at radius 3 is 2.45 bits per heavy atom. The third kappa shape index (κ3) is 11.0. The summed E-state index contributed by atoms with van der Waals surface area (Å²) in [6.07, 6.45) is 8.33. The third-order valence-corrected chi connectivity index (χ3v) is 5.03. The van der Waals surface area contributed by atoms with E-state index < -0.39 is 12.0 Å². The van der Waals surface area contributed by atoms with Crippen molar-refractivity contribution in [1.29, 1.82) is 0 Å². The van der Waals surface area contributed by atoms with E-state index in [1.54, 1.807) is 0 Å². The standard InChI is InChI=1S/C20H36N4O4S/c1-4-5-6-7-11-14-28-17-16(19(25)26)18(29-24-17)23-20(27)22-13-10-8-9-12-21-15(2)3/h15,21H,4-14H2,1-3H3,(H,25,26)(H2,22,23,27). The van der Waals surface area contributed by atoms with Crippen molar-refractivity contribution in [2.45, 2.75) is 78.2 Å². The SMILES string of the molecule is CCCCCCCOc1nsc(NC(=O)NCCCCCNC(C)C)c1C(=O)O. The predicted octanol–water partition coefficient (Wildman–Crippen LogP) is 4.48. The summed E-state index contributed by atoms with van der Waals surface area (Å²) in [6.45, 7) is 8.30. The zero-order valence-corrected chi connectivity index (χ0v) is 18.7. The van der Waals surface area contributed by atoms with Crippen LogP contribution in [0.15, 0.2) is 0 Å². The van der Waals surface area contributed by atoms with Gasteiger partial charge in [0.25, 0.3) is 0 Å². The van der Waals surface area contributed by atoms with E-state index in [0.717, 1.165) is 56.6 Å². The van der Waals surface area contributed by atoms with Gasteiger partial charge in [-0.2, -0.15) is 4.37 Å². The zero-order chi connectivity index (χ0) is 21.5. The van der Waals surface area contributed by atoms with E-state index in [1.165, 1.54) is 12.8 Å². The summed E-state index contributed by atoms with van der Waals surface area (Å²) >= 11 is 0.922. The number of rotatable bonds is 16. The molecule has 0 aromatic carbocycles. The van der Waals surface area contributed by atoms with Gasteiger partial charge in [0.2, 0.25) is 5.88 Å². The maximum absolute atomic E-state index is 12.0. The molecule has 0 unspecified atom stereocenters. The topological polar surface area (TPSA) is 113 Å². The number of aromatic carboxylic acids is 1. The average molecular weight is 429 g/mol. The predicted molar refractivity (Wildman–Crippen MR) is 117 cm³/mol. The highest BCUT2D eigenvalue weighted by atomic mass is 32.1. The highest BCUT2D eigenvalue weighted by Gasteiger charge is 2.23. The van der Waals surface area contributed by atoms with E-state index >= 15 is 0 Å². The van der Waals surface area contributed by atoms with Crippen molar-refractivity contribution in [3.8, 4) is 5.88 Å². The fourth-order valence-electron chi connectivity index (χ4n) is 2.69. The van der Waals surface area contributed by atoms with E-state index in [1.807, 2.05) is 0 Å². The van der Waals surface area contributed by atoms with Gasteiger partial charge in [0.05, 0.1) is 6.61 Å². The van der Waals surface area contributed by atoms with Gasteiger partial charge < -0.3 is 20.5 Å². The molecule has 29 heavy (non-hydrogen) atoms. The second-order valence-corrected chi connectivity index (χ2v) is 8.08. The van der Waals surface area contributed by atoms with E-state index in [-0.39, 0.29) is 16.4 Å². The van der Waals surface area contributed by atoms with Crippen LogP contribution < -0.4 is 20.7 Å². The second-order valence-electron chi connectivity index (χ2n) is 7.31. The quantitative estimate of drug-likeness (QED) is 0.289. The number of amides is 2. The molecule has 1 heterocycles. The van der Waals surface area contributed by atoms with Gasteiger partial charge >= 0.3 is 12.0 Å². The van der Waals surface area contributed by atoms with Crippen LogP contribution in [0.4, 0.5) is 9.80 Å². The van der Waals surface area contributed by atoms with Gasteiger partial charge in [-0.25, -0.2) is 9.59 Å². The smallest absolute Gasteiger partial charge is 0.344 e. The molecule has 0 aliphatic heterocycles. The molecule has 0 aliphatic rings. The van der Waals surface area contributed by atoms with Crippen LogP contribution >= 0.6 is 11.5 Å². The summed E-state index contributed by atoms with van der Waals surface area (Å²) in [4.78, 5) is 23.6. The van der Waals surface area contributed by atoms with Crippen molar-refractivity contribution in [3.05, 3.63) is 5.56 Å². The summed E-state index contributed by atoms with van der Waals surface area (Å²) in [7, 11) is 0. The van der Waals surface area contributed by atoms with Crippen molar-refractivity contribution >= 4 is 28.5 Å². The molecule has 9 heteroatoms. The maximum Gasteiger partial charge on any atom is 0.344 e. The number of carbonyl (C=O) groups is 2. The molecule has 0 fully saturated rings. The Kier molecular flexibility index (Phi) is 13.0. The Bertz CT molecular complexity index is 607. The largest absolute Gasteiger partial charge is 0.477 e. The lowest BCUT2D eigenvalue weighted by Crippen LogP contribution is -2.30. The second kappa shape index (κ2) is 15.0. The number of carboxylic acids is 1. The van der Waals surface area contributed by atoms with E-state index in [9.17, 15) is 14.7 Å². The Morgan fingerprint density at radius 1 is 1.07 bits per heavy atom. The highest BCUT2D eigenvalue weighted by Crippen LogP contribution is 2.30. The molecule has 0 saturated carbocycles. The third-order valence-electron chi connectivity index (χ3n) is 4.28. The van der Waals surface area contributed by atoms with Gasteiger partial charge in [-0.15, -0.1) is 0 Å². The Labute approximate surface area is 178 Å². The lowest BCUT2D eigenvalue weighted by Gasteiger charge is -2.09. The molecule has 0 spiro atoms. The van der Waals surface area contributed by atoms with Crippen LogP contribution in [0.3, 0.4) is 0 Å². The number of unbranched alkanes of at least 4 members (excludes halogenated alkanes) is 6. The average Bonchev–Trinajstić information content (AvgIpc) is 3.06. The number of ether oxygens (including phenoxy) is 1. The monoisotopic (exact) mass is 428 g/mol. The Balaban J connectivity index is 2.36. The van der Waals surface area contributed by atoms with Crippen LogP contribution in [0.1, 0.15) is 82.5 Å². The summed E-state index contributed by atoms with van der Waals surface area (Å²) < 4.78 is 9.59. The lowest BCUT2D eigenvalue weighted by atomic mass is 10.2. The lowest BCUT2D eigenvalue weighted by molar-refractivity contribution is 0.0693. The van der Waals surface area contributed by atoms with Crippen molar-refractivity contribution < 1.29 is 19.4 Å². The highest BCUT2D eigenvalue weighted by molar-refractivity contribution is 7.11. The van der Waals surface area contributed by atoms with Crippen molar-refractivity contribution in [3.63, 3.8) is 0 Å². The number of hydrogen-bond acceptors (Lipinski definition) is 6. The summed E-state index contributed by atoms with van der Waals surface area (Å²) in [5.74, 6) is -1.08. The molecular weight excluding hydrogens is 392 g/mol. The Hall–Kier alpha value is -1.87. The molecule has 0 radical (unpaired) electrons. The molecule has 1 aromatic heterocycles. The molecule has 2 amide bonds.